The van der Waals surface area contributed by atoms with Crippen molar-refractivity contribution in [2.45, 2.75) is 19.4 Å². The first-order chi connectivity index (χ1) is 8.26. The lowest BCUT2D eigenvalue weighted by atomic mass is 10.0. The normalized spacial score (nSPS) is 12.6. The van der Waals surface area contributed by atoms with Crippen LogP contribution in [0.3, 0.4) is 0 Å². The fourth-order valence-electron chi connectivity index (χ4n) is 2.00. The first kappa shape index (κ1) is 12.1. The van der Waals surface area contributed by atoms with Gasteiger partial charge in [-0.25, -0.2) is 4.68 Å². The summed E-state index contributed by atoms with van der Waals surface area (Å²) < 4.78 is 1.82. The Morgan fingerprint density at radius 3 is 2.76 bits per heavy atom. The van der Waals surface area contributed by atoms with Gasteiger partial charge >= 0.3 is 0 Å². The molecule has 0 radical (unpaired) electrons. The molecule has 4 heteroatoms. The van der Waals surface area contributed by atoms with Crippen molar-refractivity contribution >= 4 is 11.6 Å². The molecule has 0 amide bonds. The van der Waals surface area contributed by atoms with Crippen molar-refractivity contribution in [2.24, 2.45) is 0 Å². The molecule has 17 heavy (non-hydrogen) atoms. The van der Waals surface area contributed by atoms with Gasteiger partial charge in [0.2, 0.25) is 0 Å². The zero-order chi connectivity index (χ0) is 12.3. The lowest BCUT2D eigenvalue weighted by Gasteiger charge is -2.18. The molecule has 2 rings (SSSR count). The summed E-state index contributed by atoms with van der Waals surface area (Å²) >= 11 is 5.91. The topological polar surface area (TPSA) is 29.9 Å². The van der Waals surface area contributed by atoms with Crippen LogP contribution in [0.2, 0.25) is 5.02 Å². The molecule has 1 heterocycles. The Balaban J connectivity index is 2.47. The zero-order valence-electron chi connectivity index (χ0n) is 10.0. The summed E-state index contributed by atoms with van der Waals surface area (Å²) in [5.41, 5.74) is 2.30. The maximum atomic E-state index is 5.91. The van der Waals surface area contributed by atoms with E-state index in [4.69, 9.17) is 11.6 Å². The standard InChI is InChI=1S/C13H16ClN3/c1-3-12(15-2)11-6-4-5-7-13(11)17-9-10(14)8-16-17/h4-9,12,15H,3H2,1-2H3. The highest BCUT2D eigenvalue weighted by Crippen LogP contribution is 2.24. The van der Waals surface area contributed by atoms with Gasteiger partial charge in [-0.15, -0.1) is 0 Å². The predicted octanol–water partition coefficient (Wildman–Crippen LogP) is 3.20. The van der Waals surface area contributed by atoms with Crippen LogP contribution in [-0.4, -0.2) is 16.8 Å². The minimum atomic E-state index is 0.328. The average molecular weight is 250 g/mol. The molecule has 0 aliphatic rings. The molecule has 0 aliphatic heterocycles. The highest BCUT2D eigenvalue weighted by molar-refractivity contribution is 6.30. The van der Waals surface area contributed by atoms with Gasteiger partial charge in [0.05, 0.1) is 16.9 Å². The number of hydrogen-bond acceptors (Lipinski definition) is 2. The molecule has 1 N–H and O–H groups in total. The van der Waals surface area contributed by atoms with E-state index >= 15 is 0 Å². The van der Waals surface area contributed by atoms with E-state index in [2.05, 4.69) is 29.5 Å². The molecule has 0 aliphatic carbocycles. The highest BCUT2D eigenvalue weighted by Gasteiger charge is 2.12. The van der Waals surface area contributed by atoms with Crippen LogP contribution in [-0.2, 0) is 0 Å². The first-order valence-electron chi connectivity index (χ1n) is 5.73. The van der Waals surface area contributed by atoms with E-state index in [-0.39, 0.29) is 0 Å². The van der Waals surface area contributed by atoms with Crippen LogP contribution in [0.25, 0.3) is 5.69 Å². The second kappa shape index (κ2) is 5.34. The highest BCUT2D eigenvalue weighted by atomic mass is 35.5. The smallest absolute Gasteiger partial charge is 0.0790 e. The van der Waals surface area contributed by atoms with Crippen molar-refractivity contribution in [3.05, 3.63) is 47.2 Å². The van der Waals surface area contributed by atoms with E-state index in [0.717, 1.165) is 12.1 Å². The van der Waals surface area contributed by atoms with Gasteiger partial charge in [0.1, 0.15) is 0 Å². The number of nitrogens with zero attached hydrogens (tertiary/aromatic N) is 2. The van der Waals surface area contributed by atoms with Crippen LogP contribution in [0.15, 0.2) is 36.7 Å². The summed E-state index contributed by atoms with van der Waals surface area (Å²) in [6.07, 6.45) is 4.50. The van der Waals surface area contributed by atoms with E-state index < -0.39 is 0 Å². The number of halogens is 1. The second-order valence-electron chi connectivity index (χ2n) is 3.91. The molecule has 0 spiro atoms. The molecular weight excluding hydrogens is 234 g/mol. The number of para-hydroxylation sites is 1. The van der Waals surface area contributed by atoms with Gasteiger partial charge in [-0.2, -0.15) is 5.10 Å². The summed E-state index contributed by atoms with van der Waals surface area (Å²) in [5.74, 6) is 0. The van der Waals surface area contributed by atoms with E-state index in [1.54, 1.807) is 6.20 Å². The zero-order valence-corrected chi connectivity index (χ0v) is 10.8. The number of nitrogens with one attached hydrogen (secondary N) is 1. The van der Waals surface area contributed by atoms with E-state index in [9.17, 15) is 0 Å². The van der Waals surface area contributed by atoms with E-state index in [1.165, 1.54) is 5.56 Å². The summed E-state index contributed by atoms with van der Waals surface area (Å²) in [6, 6.07) is 8.56. The van der Waals surface area contributed by atoms with Crippen molar-refractivity contribution in [1.82, 2.24) is 15.1 Å². The van der Waals surface area contributed by atoms with Crippen LogP contribution in [0.5, 0.6) is 0 Å². The third kappa shape index (κ3) is 2.51. The summed E-state index contributed by atoms with van der Waals surface area (Å²) in [6.45, 7) is 2.16. The Kier molecular flexibility index (Phi) is 3.82. The van der Waals surface area contributed by atoms with E-state index in [1.807, 2.05) is 30.1 Å². The second-order valence-corrected chi connectivity index (χ2v) is 4.35. The Morgan fingerprint density at radius 1 is 1.41 bits per heavy atom. The molecule has 3 nitrogen and oxygen atoms in total. The fourth-order valence-corrected chi connectivity index (χ4v) is 2.14. The lowest BCUT2D eigenvalue weighted by Crippen LogP contribution is -2.17. The summed E-state index contributed by atoms with van der Waals surface area (Å²) in [7, 11) is 1.97. The Bertz CT molecular complexity index is 489. The van der Waals surface area contributed by atoms with Gasteiger partial charge < -0.3 is 5.32 Å². The van der Waals surface area contributed by atoms with Crippen LogP contribution < -0.4 is 5.32 Å². The molecular formula is C13H16ClN3. The molecule has 0 saturated carbocycles. The predicted molar refractivity (Wildman–Crippen MR) is 70.7 cm³/mol. The molecule has 90 valence electrons. The minimum absolute atomic E-state index is 0.328. The third-order valence-corrected chi connectivity index (χ3v) is 3.06. The van der Waals surface area contributed by atoms with Gasteiger partial charge in [0.25, 0.3) is 0 Å². The Labute approximate surface area is 106 Å². The maximum Gasteiger partial charge on any atom is 0.0790 e. The lowest BCUT2D eigenvalue weighted by molar-refractivity contribution is 0.572. The van der Waals surface area contributed by atoms with Crippen LogP contribution in [0, 0.1) is 0 Å². The number of aromatic nitrogens is 2. The number of rotatable bonds is 4. The van der Waals surface area contributed by atoms with E-state index in [0.29, 0.717) is 11.1 Å². The molecule has 1 atom stereocenters. The van der Waals surface area contributed by atoms with Crippen molar-refractivity contribution in [3.8, 4) is 5.69 Å². The van der Waals surface area contributed by atoms with Crippen molar-refractivity contribution in [3.63, 3.8) is 0 Å². The van der Waals surface area contributed by atoms with Gasteiger partial charge in [-0.1, -0.05) is 36.7 Å². The van der Waals surface area contributed by atoms with Crippen LogP contribution in [0.1, 0.15) is 24.9 Å². The van der Waals surface area contributed by atoms with Crippen LogP contribution >= 0.6 is 11.6 Å². The number of benzene rings is 1. The quantitative estimate of drug-likeness (QED) is 0.902. The van der Waals surface area contributed by atoms with Crippen LogP contribution in [0.4, 0.5) is 0 Å². The molecule has 1 aromatic heterocycles. The average Bonchev–Trinajstić information content (AvgIpc) is 2.78. The first-order valence-corrected chi connectivity index (χ1v) is 6.10. The number of hydrogen-bond donors (Lipinski definition) is 1. The molecule has 2 aromatic rings. The fraction of sp³-hybridized carbons (Fsp3) is 0.308. The van der Waals surface area contributed by atoms with Gasteiger partial charge in [0, 0.05) is 12.2 Å². The Hall–Kier alpha value is -1.32. The molecule has 0 fully saturated rings. The summed E-state index contributed by atoms with van der Waals surface area (Å²) in [5, 5.41) is 8.22. The van der Waals surface area contributed by atoms with Gasteiger partial charge in [0.15, 0.2) is 0 Å². The minimum Gasteiger partial charge on any atom is -0.313 e. The monoisotopic (exact) mass is 249 g/mol. The molecule has 0 saturated heterocycles. The summed E-state index contributed by atoms with van der Waals surface area (Å²) in [4.78, 5) is 0. The van der Waals surface area contributed by atoms with Gasteiger partial charge in [-0.3, -0.25) is 0 Å². The molecule has 0 bridgehead atoms. The van der Waals surface area contributed by atoms with Gasteiger partial charge in [-0.05, 0) is 25.1 Å². The third-order valence-electron chi connectivity index (χ3n) is 2.87. The molecule has 1 aromatic carbocycles. The molecule has 1 unspecified atom stereocenters. The van der Waals surface area contributed by atoms with Crippen molar-refractivity contribution in [2.75, 3.05) is 7.05 Å². The SMILES string of the molecule is CCC(NC)c1ccccc1-n1cc(Cl)cn1. The maximum absolute atomic E-state index is 5.91. The largest absolute Gasteiger partial charge is 0.313 e. The van der Waals surface area contributed by atoms with Crippen molar-refractivity contribution < 1.29 is 0 Å². The Morgan fingerprint density at radius 2 is 2.18 bits per heavy atom. The van der Waals surface area contributed by atoms with Crippen molar-refractivity contribution in [1.29, 1.82) is 0 Å².